The number of carbonyl (C=O) groups excluding carboxylic acids is 1. The molecule has 29 heavy (non-hydrogen) atoms. The Balaban J connectivity index is 1.37. The maximum absolute atomic E-state index is 14.1. The minimum atomic E-state index is -0.235. The fraction of sp³-hybridized carbons (Fsp3) is 0.435. The van der Waals surface area contributed by atoms with Gasteiger partial charge in [-0.2, -0.15) is 0 Å². The SMILES string of the molecule is CCc1cccc(F)c1COc1ccc2c(c1)OCC(N1CC(C(=O)OC)C1)C2. The first kappa shape index (κ1) is 19.7. The first-order chi connectivity index (χ1) is 14.1. The molecule has 0 radical (unpaired) electrons. The molecule has 1 atom stereocenters. The number of rotatable bonds is 6. The fourth-order valence-electron chi connectivity index (χ4n) is 4.04. The van der Waals surface area contributed by atoms with Gasteiger partial charge in [0.05, 0.1) is 13.0 Å². The van der Waals surface area contributed by atoms with E-state index in [9.17, 15) is 9.18 Å². The Morgan fingerprint density at radius 2 is 2.10 bits per heavy atom. The van der Waals surface area contributed by atoms with Crippen molar-refractivity contribution < 1.29 is 23.4 Å². The molecule has 2 aliphatic rings. The maximum Gasteiger partial charge on any atom is 0.311 e. The second kappa shape index (κ2) is 8.41. The molecule has 2 aliphatic heterocycles. The Bertz CT molecular complexity index is 894. The van der Waals surface area contributed by atoms with Crippen LogP contribution in [0.15, 0.2) is 36.4 Å². The van der Waals surface area contributed by atoms with Gasteiger partial charge < -0.3 is 14.2 Å². The van der Waals surface area contributed by atoms with E-state index in [-0.39, 0.29) is 30.4 Å². The molecule has 2 aromatic carbocycles. The van der Waals surface area contributed by atoms with Crippen LogP contribution in [0.3, 0.4) is 0 Å². The van der Waals surface area contributed by atoms with Crippen molar-refractivity contribution in [3.63, 3.8) is 0 Å². The Labute approximate surface area is 170 Å². The molecule has 2 aromatic rings. The van der Waals surface area contributed by atoms with Crippen LogP contribution in [0.5, 0.6) is 11.5 Å². The van der Waals surface area contributed by atoms with Gasteiger partial charge in [0, 0.05) is 30.8 Å². The number of esters is 1. The topological polar surface area (TPSA) is 48.0 Å². The molecule has 0 spiro atoms. The molecule has 6 heteroatoms. The highest BCUT2D eigenvalue weighted by Crippen LogP contribution is 2.33. The van der Waals surface area contributed by atoms with Crippen molar-refractivity contribution in [2.24, 2.45) is 5.92 Å². The zero-order chi connectivity index (χ0) is 20.4. The lowest BCUT2D eigenvalue weighted by molar-refractivity contribution is -0.153. The second-order valence-corrected chi connectivity index (χ2v) is 7.63. The summed E-state index contributed by atoms with van der Waals surface area (Å²) < 4.78 is 30.8. The van der Waals surface area contributed by atoms with Gasteiger partial charge in [0.25, 0.3) is 0 Å². The van der Waals surface area contributed by atoms with E-state index in [0.29, 0.717) is 17.9 Å². The van der Waals surface area contributed by atoms with E-state index in [4.69, 9.17) is 14.2 Å². The summed E-state index contributed by atoms with van der Waals surface area (Å²) in [6.07, 6.45) is 1.63. The zero-order valence-corrected chi connectivity index (χ0v) is 16.8. The van der Waals surface area contributed by atoms with Gasteiger partial charge in [0.2, 0.25) is 0 Å². The number of ether oxygens (including phenoxy) is 3. The van der Waals surface area contributed by atoms with Crippen LogP contribution in [0, 0.1) is 11.7 Å². The molecule has 4 rings (SSSR count). The number of aryl methyl sites for hydroxylation is 1. The van der Waals surface area contributed by atoms with Gasteiger partial charge in [-0.15, -0.1) is 0 Å². The molecular weight excluding hydrogens is 373 g/mol. The lowest BCUT2D eigenvalue weighted by Crippen LogP contribution is -2.57. The molecule has 1 fully saturated rings. The first-order valence-electron chi connectivity index (χ1n) is 10.1. The van der Waals surface area contributed by atoms with Crippen molar-refractivity contribution in [3.8, 4) is 11.5 Å². The summed E-state index contributed by atoms with van der Waals surface area (Å²) in [6.45, 7) is 4.23. The highest BCUT2D eigenvalue weighted by Gasteiger charge is 2.39. The van der Waals surface area contributed by atoms with Crippen LogP contribution in [0.4, 0.5) is 4.39 Å². The number of methoxy groups -OCH3 is 1. The van der Waals surface area contributed by atoms with Crippen LogP contribution in [0.1, 0.15) is 23.6 Å². The average molecular weight is 399 g/mol. The van der Waals surface area contributed by atoms with Gasteiger partial charge >= 0.3 is 5.97 Å². The third-order valence-electron chi connectivity index (χ3n) is 5.87. The number of fused-ring (bicyclic) bond motifs is 1. The maximum atomic E-state index is 14.1. The summed E-state index contributed by atoms with van der Waals surface area (Å²) in [5.74, 6) is 1.08. The second-order valence-electron chi connectivity index (χ2n) is 7.63. The van der Waals surface area contributed by atoms with Crippen molar-refractivity contribution in [1.82, 2.24) is 4.90 Å². The smallest absolute Gasteiger partial charge is 0.311 e. The molecule has 154 valence electrons. The van der Waals surface area contributed by atoms with E-state index in [1.54, 1.807) is 6.07 Å². The van der Waals surface area contributed by atoms with E-state index in [0.717, 1.165) is 42.8 Å². The summed E-state index contributed by atoms with van der Waals surface area (Å²) in [5.41, 5.74) is 2.68. The van der Waals surface area contributed by atoms with E-state index in [1.165, 1.54) is 13.2 Å². The third kappa shape index (κ3) is 4.08. The van der Waals surface area contributed by atoms with E-state index in [2.05, 4.69) is 4.90 Å². The minimum absolute atomic E-state index is 0.0245. The number of hydrogen-bond acceptors (Lipinski definition) is 5. The molecule has 0 aromatic heterocycles. The van der Waals surface area contributed by atoms with Crippen LogP contribution >= 0.6 is 0 Å². The van der Waals surface area contributed by atoms with Gasteiger partial charge in [-0.25, -0.2) is 4.39 Å². The average Bonchev–Trinajstić information content (AvgIpc) is 2.71. The van der Waals surface area contributed by atoms with Crippen molar-refractivity contribution in [2.45, 2.75) is 32.4 Å². The predicted molar refractivity (Wildman–Crippen MR) is 107 cm³/mol. The van der Waals surface area contributed by atoms with Crippen molar-refractivity contribution in [1.29, 1.82) is 0 Å². The number of nitrogens with zero attached hydrogens (tertiary/aromatic N) is 1. The Kier molecular flexibility index (Phi) is 5.72. The Hall–Kier alpha value is -2.60. The monoisotopic (exact) mass is 399 g/mol. The molecule has 5 nitrogen and oxygen atoms in total. The highest BCUT2D eigenvalue weighted by molar-refractivity contribution is 5.73. The van der Waals surface area contributed by atoms with Crippen LogP contribution in [0.2, 0.25) is 0 Å². The molecule has 0 aliphatic carbocycles. The van der Waals surface area contributed by atoms with Gasteiger partial charge in [-0.3, -0.25) is 9.69 Å². The summed E-state index contributed by atoms with van der Waals surface area (Å²) >= 11 is 0. The molecule has 1 unspecified atom stereocenters. The zero-order valence-electron chi connectivity index (χ0n) is 16.8. The number of benzene rings is 2. The Morgan fingerprint density at radius 1 is 1.28 bits per heavy atom. The number of likely N-dealkylation sites (tertiary alicyclic amines) is 1. The first-order valence-corrected chi connectivity index (χ1v) is 10.1. The lowest BCUT2D eigenvalue weighted by atomic mass is 9.93. The van der Waals surface area contributed by atoms with Crippen LogP contribution in [-0.4, -0.2) is 43.7 Å². The summed E-state index contributed by atoms with van der Waals surface area (Å²) in [6, 6.07) is 11.2. The Morgan fingerprint density at radius 3 is 2.86 bits per heavy atom. The molecule has 1 saturated heterocycles. The quantitative estimate of drug-likeness (QED) is 0.697. The summed E-state index contributed by atoms with van der Waals surface area (Å²) in [5, 5.41) is 0. The van der Waals surface area contributed by atoms with E-state index in [1.807, 2.05) is 31.2 Å². The normalized spacial score (nSPS) is 19.1. The standard InChI is InChI=1S/C23H26FNO4/c1-3-15-5-4-6-21(24)20(15)14-28-19-8-7-16-9-18(13-29-22(16)10-19)25-11-17(12-25)23(26)27-2/h4-8,10,17-18H,3,9,11-14H2,1-2H3. The summed E-state index contributed by atoms with van der Waals surface area (Å²) in [7, 11) is 1.43. The van der Waals surface area contributed by atoms with Gasteiger partial charge in [0.1, 0.15) is 30.5 Å². The van der Waals surface area contributed by atoms with Crippen molar-refractivity contribution >= 4 is 5.97 Å². The van der Waals surface area contributed by atoms with E-state index >= 15 is 0 Å². The predicted octanol–water partition coefficient (Wildman–Crippen LogP) is 3.38. The largest absolute Gasteiger partial charge is 0.492 e. The molecule has 0 saturated carbocycles. The van der Waals surface area contributed by atoms with Crippen molar-refractivity contribution in [3.05, 3.63) is 58.9 Å². The van der Waals surface area contributed by atoms with Gasteiger partial charge in [0.15, 0.2) is 0 Å². The highest BCUT2D eigenvalue weighted by atomic mass is 19.1. The number of hydrogen-bond donors (Lipinski definition) is 0. The lowest BCUT2D eigenvalue weighted by Gasteiger charge is -2.44. The fourth-order valence-corrected chi connectivity index (χ4v) is 4.04. The third-order valence-corrected chi connectivity index (χ3v) is 5.87. The number of halogens is 1. The van der Waals surface area contributed by atoms with Gasteiger partial charge in [-0.05, 0) is 36.1 Å². The van der Waals surface area contributed by atoms with Crippen LogP contribution < -0.4 is 9.47 Å². The van der Waals surface area contributed by atoms with Crippen molar-refractivity contribution in [2.75, 3.05) is 26.8 Å². The molecule has 2 heterocycles. The van der Waals surface area contributed by atoms with Gasteiger partial charge in [-0.1, -0.05) is 25.1 Å². The number of carbonyl (C=O) groups is 1. The summed E-state index contributed by atoms with van der Waals surface area (Å²) in [4.78, 5) is 13.8. The minimum Gasteiger partial charge on any atom is -0.492 e. The molecule has 0 amide bonds. The molecular formula is C23H26FNO4. The molecule has 0 N–H and O–H groups in total. The molecule has 0 bridgehead atoms. The van der Waals surface area contributed by atoms with E-state index < -0.39 is 0 Å². The van der Waals surface area contributed by atoms with Crippen LogP contribution in [0.25, 0.3) is 0 Å². The van der Waals surface area contributed by atoms with Crippen LogP contribution in [-0.2, 0) is 29.0 Å².